The first-order chi connectivity index (χ1) is 6.72. The molecule has 0 aliphatic heterocycles. The predicted molar refractivity (Wildman–Crippen MR) is 57.4 cm³/mol. The minimum absolute atomic E-state index is 0.733. The summed E-state index contributed by atoms with van der Waals surface area (Å²) in [6, 6.07) is 5.65. The maximum Gasteiger partial charge on any atom is 0.119 e. The molecule has 0 saturated carbocycles. The average molecular weight is 188 g/mol. The Labute approximate surface area is 82.5 Å². The minimum atomic E-state index is 0.733. The van der Waals surface area contributed by atoms with Crippen LogP contribution in [0.2, 0.25) is 0 Å². The number of aromatic nitrogens is 1. The summed E-state index contributed by atoms with van der Waals surface area (Å²) in [6.07, 6.45) is 1.72. The molecule has 2 rings (SSSR count). The highest BCUT2D eigenvalue weighted by atomic mass is 16.5. The summed E-state index contributed by atoms with van der Waals surface area (Å²) >= 11 is 0. The molecular formula is C11H12N2O. The van der Waals surface area contributed by atoms with Crippen molar-refractivity contribution in [1.29, 1.82) is 0 Å². The van der Waals surface area contributed by atoms with Crippen molar-refractivity contribution in [2.45, 2.75) is 6.92 Å². The second-order valence-electron chi connectivity index (χ2n) is 3.24. The van der Waals surface area contributed by atoms with Gasteiger partial charge in [-0.1, -0.05) is 0 Å². The Hall–Kier alpha value is -1.77. The van der Waals surface area contributed by atoms with Crippen LogP contribution in [0, 0.1) is 6.92 Å². The number of hydrogen-bond acceptors (Lipinski definition) is 3. The number of hydrogen-bond donors (Lipinski definition) is 1. The summed E-state index contributed by atoms with van der Waals surface area (Å²) in [4.78, 5) is 4.28. The SMILES string of the molecule is COc1cc(C)c2nccc(N)c2c1. The number of anilines is 1. The maximum atomic E-state index is 5.85. The largest absolute Gasteiger partial charge is 0.497 e. The number of nitrogens with two attached hydrogens (primary N) is 1. The van der Waals surface area contributed by atoms with Crippen molar-refractivity contribution in [3.05, 3.63) is 30.0 Å². The molecule has 72 valence electrons. The molecule has 1 aromatic heterocycles. The number of fused-ring (bicyclic) bond motifs is 1. The van der Waals surface area contributed by atoms with Crippen molar-refractivity contribution in [3.63, 3.8) is 0 Å². The van der Waals surface area contributed by atoms with Gasteiger partial charge in [0.2, 0.25) is 0 Å². The van der Waals surface area contributed by atoms with Crippen LogP contribution in [0.4, 0.5) is 5.69 Å². The number of benzene rings is 1. The maximum absolute atomic E-state index is 5.85. The van der Waals surface area contributed by atoms with Gasteiger partial charge >= 0.3 is 0 Å². The fourth-order valence-corrected chi connectivity index (χ4v) is 1.54. The van der Waals surface area contributed by atoms with Crippen LogP contribution < -0.4 is 10.5 Å². The first-order valence-electron chi connectivity index (χ1n) is 4.41. The third-order valence-corrected chi connectivity index (χ3v) is 2.28. The van der Waals surface area contributed by atoms with Gasteiger partial charge in [-0.25, -0.2) is 0 Å². The summed E-state index contributed by atoms with van der Waals surface area (Å²) < 4.78 is 5.17. The number of pyridine rings is 1. The molecule has 0 amide bonds. The van der Waals surface area contributed by atoms with Gasteiger partial charge in [0.1, 0.15) is 5.75 Å². The van der Waals surface area contributed by atoms with Gasteiger partial charge in [0, 0.05) is 17.3 Å². The fraction of sp³-hybridized carbons (Fsp3) is 0.182. The Morgan fingerprint density at radius 2 is 2.14 bits per heavy atom. The van der Waals surface area contributed by atoms with Gasteiger partial charge < -0.3 is 10.5 Å². The van der Waals surface area contributed by atoms with Crippen LogP contribution in [0.5, 0.6) is 5.75 Å². The van der Waals surface area contributed by atoms with Crippen LogP contribution in [0.15, 0.2) is 24.4 Å². The van der Waals surface area contributed by atoms with Crippen LogP contribution in [0.1, 0.15) is 5.56 Å². The van der Waals surface area contributed by atoms with E-state index in [1.54, 1.807) is 19.4 Å². The fourth-order valence-electron chi connectivity index (χ4n) is 1.54. The summed E-state index contributed by atoms with van der Waals surface area (Å²) in [5.41, 5.74) is 8.60. The Morgan fingerprint density at radius 1 is 1.36 bits per heavy atom. The molecule has 0 aliphatic carbocycles. The van der Waals surface area contributed by atoms with E-state index >= 15 is 0 Å². The molecular weight excluding hydrogens is 176 g/mol. The number of aryl methyl sites for hydroxylation is 1. The van der Waals surface area contributed by atoms with Crippen molar-refractivity contribution in [1.82, 2.24) is 4.98 Å². The van der Waals surface area contributed by atoms with E-state index in [1.165, 1.54) is 0 Å². The number of ether oxygens (including phenoxy) is 1. The lowest BCUT2D eigenvalue weighted by molar-refractivity contribution is 0.415. The van der Waals surface area contributed by atoms with Gasteiger partial charge in [0.15, 0.2) is 0 Å². The van der Waals surface area contributed by atoms with Crippen molar-refractivity contribution < 1.29 is 4.74 Å². The highest BCUT2D eigenvalue weighted by Gasteiger charge is 2.04. The van der Waals surface area contributed by atoms with Gasteiger partial charge in [-0.3, -0.25) is 4.98 Å². The van der Waals surface area contributed by atoms with E-state index in [1.807, 2.05) is 19.1 Å². The highest BCUT2D eigenvalue weighted by molar-refractivity contribution is 5.92. The van der Waals surface area contributed by atoms with Crippen molar-refractivity contribution >= 4 is 16.6 Å². The Balaban J connectivity index is 2.83. The van der Waals surface area contributed by atoms with Gasteiger partial charge in [-0.05, 0) is 30.7 Å². The molecule has 2 N–H and O–H groups in total. The Morgan fingerprint density at radius 3 is 2.86 bits per heavy atom. The number of rotatable bonds is 1. The topological polar surface area (TPSA) is 48.1 Å². The zero-order valence-corrected chi connectivity index (χ0v) is 8.24. The molecule has 0 spiro atoms. The quantitative estimate of drug-likeness (QED) is 0.745. The van der Waals surface area contributed by atoms with E-state index in [0.717, 1.165) is 27.9 Å². The highest BCUT2D eigenvalue weighted by Crippen LogP contribution is 2.26. The Kier molecular flexibility index (Phi) is 2.00. The molecule has 0 bridgehead atoms. The molecule has 2 aromatic rings. The van der Waals surface area contributed by atoms with Crippen LogP contribution in [-0.2, 0) is 0 Å². The molecule has 0 atom stereocenters. The summed E-state index contributed by atoms with van der Waals surface area (Å²) in [5, 5.41) is 0.948. The molecule has 3 nitrogen and oxygen atoms in total. The van der Waals surface area contributed by atoms with Gasteiger partial charge in [0.05, 0.1) is 12.6 Å². The van der Waals surface area contributed by atoms with E-state index in [-0.39, 0.29) is 0 Å². The first-order valence-corrected chi connectivity index (χ1v) is 4.41. The molecule has 1 heterocycles. The van der Waals surface area contributed by atoms with E-state index in [2.05, 4.69) is 4.98 Å². The number of nitrogen functional groups attached to an aromatic ring is 1. The van der Waals surface area contributed by atoms with Crippen LogP contribution in [-0.4, -0.2) is 12.1 Å². The smallest absolute Gasteiger partial charge is 0.119 e. The van der Waals surface area contributed by atoms with Crippen LogP contribution >= 0.6 is 0 Å². The monoisotopic (exact) mass is 188 g/mol. The molecule has 3 heteroatoms. The summed E-state index contributed by atoms with van der Waals surface area (Å²) in [5.74, 6) is 0.815. The number of methoxy groups -OCH3 is 1. The van der Waals surface area contributed by atoms with Crippen molar-refractivity contribution in [3.8, 4) is 5.75 Å². The molecule has 0 fully saturated rings. The van der Waals surface area contributed by atoms with E-state index in [0.29, 0.717) is 0 Å². The third kappa shape index (κ3) is 1.27. The van der Waals surface area contributed by atoms with E-state index in [4.69, 9.17) is 10.5 Å². The molecule has 0 radical (unpaired) electrons. The lowest BCUT2D eigenvalue weighted by Crippen LogP contribution is -1.92. The zero-order chi connectivity index (χ0) is 10.1. The van der Waals surface area contributed by atoms with Crippen molar-refractivity contribution in [2.75, 3.05) is 12.8 Å². The second-order valence-corrected chi connectivity index (χ2v) is 3.24. The van der Waals surface area contributed by atoms with Crippen LogP contribution in [0.3, 0.4) is 0 Å². The van der Waals surface area contributed by atoms with E-state index in [9.17, 15) is 0 Å². The molecule has 14 heavy (non-hydrogen) atoms. The minimum Gasteiger partial charge on any atom is -0.497 e. The van der Waals surface area contributed by atoms with Gasteiger partial charge in [-0.15, -0.1) is 0 Å². The lowest BCUT2D eigenvalue weighted by Gasteiger charge is -2.07. The molecule has 0 aliphatic rings. The zero-order valence-electron chi connectivity index (χ0n) is 8.24. The van der Waals surface area contributed by atoms with Crippen molar-refractivity contribution in [2.24, 2.45) is 0 Å². The van der Waals surface area contributed by atoms with Crippen LogP contribution in [0.25, 0.3) is 10.9 Å². The first kappa shape index (κ1) is 8.81. The standard InChI is InChI=1S/C11H12N2O/c1-7-5-8(14-2)6-9-10(12)3-4-13-11(7)9/h3-6H,1-2H3,(H2,12,13). The molecule has 0 saturated heterocycles. The Bertz CT molecular complexity index is 480. The predicted octanol–water partition coefficient (Wildman–Crippen LogP) is 2.13. The molecule has 1 aromatic carbocycles. The second kappa shape index (κ2) is 3.18. The van der Waals surface area contributed by atoms with Gasteiger partial charge in [-0.2, -0.15) is 0 Å². The van der Waals surface area contributed by atoms with Gasteiger partial charge in [0.25, 0.3) is 0 Å². The lowest BCUT2D eigenvalue weighted by atomic mass is 10.1. The summed E-state index contributed by atoms with van der Waals surface area (Å²) in [7, 11) is 1.65. The third-order valence-electron chi connectivity index (χ3n) is 2.28. The number of nitrogens with zero attached hydrogens (tertiary/aromatic N) is 1. The average Bonchev–Trinajstić information content (AvgIpc) is 2.19. The normalized spacial score (nSPS) is 10.4. The van der Waals surface area contributed by atoms with E-state index < -0.39 is 0 Å². The molecule has 0 unspecified atom stereocenters. The summed E-state index contributed by atoms with van der Waals surface area (Å²) in [6.45, 7) is 2.00.